The fraction of sp³-hybridized carbons (Fsp3) is 0.0800. The number of hydrogen-bond acceptors (Lipinski definition) is 6. The highest BCUT2D eigenvalue weighted by Gasteiger charge is 2.36. The minimum atomic E-state index is -4.90. The van der Waals surface area contributed by atoms with E-state index in [0.29, 0.717) is 10.7 Å². The second-order valence-electron chi connectivity index (χ2n) is 7.93. The molecule has 1 aromatic heterocycles. The van der Waals surface area contributed by atoms with Crippen molar-refractivity contribution in [2.45, 2.75) is 12.3 Å². The maximum atomic E-state index is 14.6. The SMILES string of the molecule is N#Cc1cccc(-n2nc(C(F)(F)F)cc2C(=O)Nc2cc(C(O)c3cccc([N+](=O)[O-])c3)ccc2F)c1. The van der Waals surface area contributed by atoms with Crippen LogP contribution in [0.1, 0.15) is 39.0 Å². The van der Waals surface area contributed by atoms with Gasteiger partial charge in [-0.2, -0.15) is 23.5 Å². The van der Waals surface area contributed by atoms with E-state index in [4.69, 9.17) is 5.26 Å². The molecule has 1 amide bonds. The number of nitro benzene ring substituents is 1. The molecule has 0 aliphatic carbocycles. The first-order chi connectivity index (χ1) is 18.0. The van der Waals surface area contributed by atoms with Gasteiger partial charge in [0.1, 0.15) is 17.6 Å². The van der Waals surface area contributed by atoms with Crippen LogP contribution in [0.15, 0.2) is 72.8 Å². The molecule has 0 saturated heterocycles. The number of hydrogen-bond donors (Lipinski definition) is 2. The van der Waals surface area contributed by atoms with E-state index in [9.17, 15) is 37.6 Å². The summed E-state index contributed by atoms with van der Waals surface area (Å²) in [4.78, 5) is 23.4. The largest absolute Gasteiger partial charge is 0.435 e. The molecule has 4 aromatic rings. The van der Waals surface area contributed by atoms with Gasteiger partial charge in [-0.05, 0) is 41.5 Å². The molecule has 9 nitrogen and oxygen atoms in total. The highest BCUT2D eigenvalue weighted by atomic mass is 19.4. The highest BCUT2D eigenvalue weighted by Crippen LogP contribution is 2.31. The molecule has 2 N–H and O–H groups in total. The zero-order valence-electron chi connectivity index (χ0n) is 19.0. The average Bonchev–Trinajstić information content (AvgIpc) is 3.36. The van der Waals surface area contributed by atoms with Gasteiger partial charge in [0.15, 0.2) is 5.69 Å². The van der Waals surface area contributed by atoms with Gasteiger partial charge < -0.3 is 10.4 Å². The number of anilines is 1. The molecule has 1 unspecified atom stereocenters. The van der Waals surface area contributed by atoms with Gasteiger partial charge in [-0.15, -0.1) is 0 Å². The standard InChI is InChI=1S/C25H15F4N5O4/c26-19-8-7-16(23(35)15-4-2-6-18(10-15)34(37)38)11-20(19)31-24(36)21-12-22(25(27,28)29)32-33(21)17-5-1-3-14(9-17)13-30/h1-12,23,35H,(H,31,36). The van der Waals surface area contributed by atoms with Crippen LogP contribution in [-0.4, -0.2) is 25.7 Å². The molecule has 0 aliphatic heterocycles. The third kappa shape index (κ3) is 5.35. The van der Waals surface area contributed by atoms with Crippen LogP contribution in [-0.2, 0) is 6.18 Å². The van der Waals surface area contributed by atoms with Crippen molar-refractivity contribution in [1.29, 1.82) is 5.26 Å². The van der Waals surface area contributed by atoms with Gasteiger partial charge in [0, 0.05) is 18.2 Å². The van der Waals surface area contributed by atoms with E-state index in [2.05, 4.69) is 10.4 Å². The lowest BCUT2D eigenvalue weighted by Crippen LogP contribution is -2.18. The van der Waals surface area contributed by atoms with Crippen molar-refractivity contribution < 1.29 is 32.4 Å². The van der Waals surface area contributed by atoms with Crippen LogP contribution in [0.2, 0.25) is 0 Å². The van der Waals surface area contributed by atoms with E-state index in [1.54, 1.807) is 0 Å². The van der Waals surface area contributed by atoms with Crippen molar-refractivity contribution in [3.63, 3.8) is 0 Å². The Hall–Kier alpha value is -5.09. The second kappa shape index (κ2) is 10.1. The van der Waals surface area contributed by atoms with Crippen LogP contribution in [0.3, 0.4) is 0 Å². The van der Waals surface area contributed by atoms with Crippen molar-refractivity contribution >= 4 is 17.3 Å². The van der Waals surface area contributed by atoms with Crippen molar-refractivity contribution in [2.24, 2.45) is 0 Å². The number of aromatic nitrogens is 2. The number of non-ortho nitro benzene ring substituents is 1. The smallest absolute Gasteiger partial charge is 0.384 e. The predicted molar refractivity (Wildman–Crippen MR) is 125 cm³/mol. The molecule has 0 radical (unpaired) electrons. The summed E-state index contributed by atoms with van der Waals surface area (Å²) < 4.78 is 55.4. The van der Waals surface area contributed by atoms with Crippen molar-refractivity contribution in [3.8, 4) is 11.8 Å². The number of nitrogens with one attached hydrogen (secondary N) is 1. The molecule has 0 spiro atoms. The molecule has 13 heteroatoms. The quantitative estimate of drug-likeness (QED) is 0.203. The van der Waals surface area contributed by atoms with Gasteiger partial charge >= 0.3 is 6.18 Å². The molecular weight excluding hydrogens is 510 g/mol. The molecule has 1 atom stereocenters. The van der Waals surface area contributed by atoms with Crippen LogP contribution in [0, 0.1) is 27.3 Å². The summed E-state index contributed by atoms with van der Waals surface area (Å²) >= 11 is 0. The lowest BCUT2D eigenvalue weighted by Gasteiger charge is -2.14. The normalized spacial score (nSPS) is 12.0. The maximum Gasteiger partial charge on any atom is 0.435 e. The first kappa shape index (κ1) is 26.0. The number of aliphatic hydroxyl groups is 1. The van der Waals surface area contributed by atoms with Gasteiger partial charge in [0.25, 0.3) is 11.6 Å². The van der Waals surface area contributed by atoms with E-state index < -0.39 is 46.0 Å². The van der Waals surface area contributed by atoms with Crippen molar-refractivity contribution in [2.75, 3.05) is 5.32 Å². The summed E-state index contributed by atoms with van der Waals surface area (Å²) in [5.74, 6) is -2.11. The summed E-state index contributed by atoms with van der Waals surface area (Å²) in [5, 5.41) is 36.4. The molecule has 4 rings (SSSR count). The number of alkyl halides is 3. The monoisotopic (exact) mass is 525 g/mol. The summed E-state index contributed by atoms with van der Waals surface area (Å²) in [6, 6.07) is 15.9. The molecule has 0 fully saturated rings. The van der Waals surface area contributed by atoms with E-state index in [0.717, 1.165) is 18.2 Å². The fourth-order valence-electron chi connectivity index (χ4n) is 3.58. The van der Waals surface area contributed by atoms with Crippen molar-refractivity contribution in [3.05, 3.63) is 117 Å². The molecule has 0 saturated carbocycles. The Labute approximate surface area is 211 Å². The Bertz CT molecular complexity index is 1590. The zero-order chi connectivity index (χ0) is 27.6. The molecule has 0 bridgehead atoms. The number of rotatable bonds is 6. The Kier molecular flexibility index (Phi) is 6.91. The Morgan fingerprint density at radius 2 is 1.79 bits per heavy atom. The third-order valence-corrected chi connectivity index (χ3v) is 5.40. The van der Waals surface area contributed by atoms with Crippen LogP contribution >= 0.6 is 0 Å². The topological polar surface area (TPSA) is 134 Å². The number of nitrogens with zero attached hydrogens (tertiary/aromatic N) is 4. The summed E-state index contributed by atoms with van der Waals surface area (Å²) in [5.41, 5.74) is -2.49. The molecular formula is C25H15F4N5O4. The third-order valence-electron chi connectivity index (χ3n) is 5.40. The van der Waals surface area contributed by atoms with Crippen LogP contribution in [0.25, 0.3) is 5.69 Å². The van der Waals surface area contributed by atoms with Gasteiger partial charge in [0.2, 0.25) is 0 Å². The summed E-state index contributed by atoms with van der Waals surface area (Å²) in [6.45, 7) is 0. The minimum Gasteiger partial charge on any atom is -0.384 e. The van der Waals surface area contributed by atoms with E-state index in [1.807, 2.05) is 6.07 Å². The molecule has 1 heterocycles. The molecule has 3 aromatic carbocycles. The Morgan fingerprint density at radius 1 is 1.08 bits per heavy atom. The highest BCUT2D eigenvalue weighted by molar-refractivity contribution is 6.03. The Morgan fingerprint density at radius 3 is 2.47 bits per heavy atom. The zero-order valence-corrected chi connectivity index (χ0v) is 19.0. The first-order valence-electron chi connectivity index (χ1n) is 10.7. The second-order valence-corrected chi connectivity index (χ2v) is 7.93. The number of benzene rings is 3. The molecule has 38 heavy (non-hydrogen) atoms. The minimum absolute atomic E-state index is 0.0139. The number of amides is 1. The lowest BCUT2D eigenvalue weighted by atomic mass is 10.0. The molecule has 0 aliphatic rings. The van der Waals surface area contributed by atoms with Crippen LogP contribution in [0.5, 0.6) is 0 Å². The van der Waals surface area contributed by atoms with Gasteiger partial charge in [0.05, 0.1) is 27.9 Å². The number of carbonyl (C=O) groups excluding carboxylic acids is 1. The van der Waals surface area contributed by atoms with E-state index in [-0.39, 0.29) is 28.1 Å². The fourth-order valence-corrected chi connectivity index (χ4v) is 3.58. The molecule has 192 valence electrons. The maximum absolute atomic E-state index is 14.6. The van der Waals surface area contributed by atoms with Crippen LogP contribution < -0.4 is 5.32 Å². The van der Waals surface area contributed by atoms with E-state index >= 15 is 0 Å². The van der Waals surface area contributed by atoms with E-state index in [1.165, 1.54) is 48.5 Å². The number of carbonyl (C=O) groups is 1. The predicted octanol–water partition coefficient (Wildman–Crippen LogP) is 5.14. The number of halogens is 4. The van der Waals surface area contributed by atoms with Gasteiger partial charge in [-0.3, -0.25) is 14.9 Å². The summed E-state index contributed by atoms with van der Waals surface area (Å²) in [7, 11) is 0. The summed E-state index contributed by atoms with van der Waals surface area (Å²) in [6.07, 6.45) is -6.34. The average molecular weight is 525 g/mol. The number of nitro groups is 1. The number of aliphatic hydroxyl groups excluding tert-OH is 1. The van der Waals surface area contributed by atoms with Crippen LogP contribution in [0.4, 0.5) is 28.9 Å². The van der Waals surface area contributed by atoms with Gasteiger partial charge in [-0.25, -0.2) is 9.07 Å². The Balaban J connectivity index is 1.70. The van der Waals surface area contributed by atoms with Gasteiger partial charge in [-0.1, -0.05) is 24.3 Å². The number of nitriles is 1. The first-order valence-corrected chi connectivity index (χ1v) is 10.7. The lowest BCUT2D eigenvalue weighted by molar-refractivity contribution is -0.385. The van der Waals surface area contributed by atoms with Crippen molar-refractivity contribution in [1.82, 2.24) is 9.78 Å².